The first-order chi connectivity index (χ1) is 14.5. The molecule has 0 aromatic heterocycles. The minimum atomic E-state index is -0.473. The zero-order valence-electron chi connectivity index (χ0n) is 16.9. The lowest BCUT2D eigenvalue weighted by molar-refractivity contribution is -0.122. The number of piperazine rings is 1. The number of nitrogens with one attached hydrogen (secondary N) is 1. The zero-order chi connectivity index (χ0) is 21.5. The van der Waals surface area contributed by atoms with Gasteiger partial charge >= 0.3 is 0 Å². The predicted octanol–water partition coefficient (Wildman–Crippen LogP) is 2.60. The van der Waals surface area contributed by atoms with E-state index in [-0.39, 0.29) is 16.8 Å². The largest absolute Gasteiger partial charge is 0.497 e. The summed E-state index contributed by atoms with van der Waals surface area (Å²) in [6.07, 6.45) is 0.746. The van der Waals surface area contributed by atoms with Crippen molar-refractivity contribution >= 4 is 23.4 Å². The van der Waals surface area contributed by atoms with E-state index in [1.165, 1.54) is 12.1 Å². The smallest absolute Gasteiger partial charge is 0.255 e. The average molecular weight is 434 g/mol. The highest BCUT2D eigenvalue weighted by Crippen LogP contribution is 2.20. The van der Waals surface area contributed by atoms with Gasteiger partial charge in [-0.25, -0.2) is 4.39 Å². The Morgan fingerprint density at radius 2 is 1.80 bits per heavy atom. The van der Waals surface area contributed by atoms with Gasteiger partial charge in [-0.15, -0.1) is 0 Å². The van der Waals surface area contributed by atoms with Gasteiger partial charge in [0.25, 0.3) is 5.91 Å². The highest BCUT2D eigenvalue weighted by atomic mass is 35.5. The molecule has 2 aromatic carbocycles. The van der Waals surface area contributed by atoms with E-state index in [0.29, 0.717) is 44.8 Å². The predicted molar refractivity (Wildman–Crippen MR) is 113 cm³/mol. The number of hydrogen-bond donors (Lipinski definition) is 1. The summed E-state index contributed by atoms with van der Waals surface area (Å²) >= 11 is 5.99. The molecule has 0 unspecified atom stereocenters. The zero-order valence-corrected chi connectivity index (χ0v) is 17.6. The van der Waals surface area contributed by atoms with Crippen molar-refractivity contribution in [1.29, 1.82) is 0 Å². The Hall–Kier alpha value is -2.64. The molecule has 2 amide bonds. The molecule has 0 bridgehead atoms. The third-order valence-electron chi connectivity index (χ3n) is 5.08. The lowest BCUT2D eigenvalue weighted by Gasteiger charge is -2.34. The number of amides is 2. The first-order valence-electron chi connectivity index (χ1n) is 9.82. The molecule has 6 nitrogen and oxygen atoms in total. The van der Waals surface area contributed by atoms with E-state index in [9.17, 15) is 14.0 Å². The normalized spacial score (nSPS) is 14.4. The van der Waals surface area contributed by atoms with Crippen LogP contribution >= 0.6 is 11.6 Å². The Bertz CT molecular complexity index is 884. The van der Waals surface area contributed by atoms with Gasteiger partial charge in [0.05, 0.1) is 24.2 Å². The maximum Gasteiger partial charge on any atom is 0.255 e. The number of rotatable bonds is 7. The molecule has 1 saturated heterocycles. The van der Waals surface area contributed by atoms with Gasteiger partial charge in [-0.2, -0.15) is 0 Å². The van der Waals surface area contributed by atoms with E-state index in [2.05, 4.69) is 5.32 Å². The van der Waals surface area contributed by atoms with Crippen LogP contribution in [0.15, 0.2) is 42.5 Å². The van der Waals surface area contributed by atoms with Gasteiger partial charge in [0.2, 0.25) is 5.91 Å². The summed E-state index contributed by atoms with van der Waals surface area (Å²) in [5.41, 5.74) is 1.42. The number of carbonyl (C=O) groups excluding carboxylic acids is 2. The first kappa shape index (κ1) is 22.1. The van der Waals surface area contributed by atoms with Crippen molar-refractivity contribution in [2.45, 2.75) is 6.42 Å². The molecule has 0 radical (unpaired) electrons. The molecule has 1 fully saturated rings. The summed E-state index contributed by atoms with van der Waals surface area (Å²) in [6, 6.07) is 11.5. The Morgan fingerprint density at radius 1 is 1.10 bits per heavy atom. The fourth-order valence-corrected chi connectivity index (χ4v) is 3.59. The summed E-state index contributed by atoms with van der Waals surface area (Å²) in [6.45, 7) is 3.03. The molecule has 1 heterocycles. The summed E-state index contributed by atoms with van der Waals surface area (Å²) in [4.78, 5) is 28.5. The highest BCUT2D eigenvalue weighted by Gasteiger charge is 2.24. The molecule has 2 aromatic rings. The highest BCUT2D eigenvalue weighted by molar-refractivity contribution is 6.33. The topological polar surface area (TPSA) is 61.9 Å². The first-order valence-corrected chi connectivity index (χ1v) is 10.2. The third kappa shape index (κ3) is 5.93. The molecule has 30 heavy (non-hydrogen) atoms. The number of carbonyl (C=O) groups is 2. The summed E-state index contributed by atoms with van der Waals surface area (Å²) in [5.74, 6) is 0.0786. The van der Waals surface area contributed by atoms with Crippen LogP contribution in [0.25, 0.3) is 0 Å². The van der Waals surface area contributed by atoms with Crippen LogP contribution in [-0.4, -0.2) is 68.0 Å². The molecule has 0 spiro atoms. The maximum absolute atomic E-state index is 13.2. The number of benzene rings is 2. The average Bonchev–Trinajstić information content (AvgIpc) is 2.74. The van der Waals surface area contributed by atoms with Crippen LogP contribution in [0.3, 0.4) is 0 Å². The van der Waals surface area contributed by atoms with Gasteiger partial charge in [0.1, 0.15) is 11.6 Å². The van der Waals surface area contributed by atoms with Crippen molar-refractivity contribution in [2.75, 3.05) is 46.4 Å². The van der Waals surface area contributed by atoms with Crippen LogP contribution in [0.4, 0.5) is 4.39 Å². The summed E-state index contributed by atoms with van der Waals surface area (Å²) < 4.78 is 18.3. The SMILES string of the molecule is COc1ccc(CCNC(=O)CN2CCN(C(=O)c3ccc(F)cc3Cl)CC2)cc1. The van der Waals surface area contributed by atoms with Crippen molar-refractivity contribution in [3.8, 4) is 5.75 Å². The Morgan fingerprint density at radius 3 is 2.43 bits per heavy atom. The minimum Gasteiger partial charge on any atom is -0.497 e. The van der Waals surface area contributed by atoms with Gasteiger partial charge < -0.3 is 15.0 Å². The van der Waals surface area contributed by atoms with Crippen LogP contribution in [-0.2, 0) is 11.2 Å². The Labute approximate surface area is 180 Å². The molecule has 160 valence electrons. The molecule has 1 aliphatic heterocycles. The van der Waals surface area contributed by atoms with E-state index in [1.807, 2.05) is 29.2 Å². The number of hydrogen-bond acceptors (Lipinski definition) is 4. The molecule has 3 rings (SSSR count). The van der Waals surface area contributed by atoms with Gasteiger partial charge in [-0.05, 0) is 42.3 Å². The molecular weight excluding hydrogens is 409 g/mol. The van der Waals surface area contributed by atoms with E-state index in [4.69, 9.17) is 16.3 Å². The maximum atomic E-state index is 13.2. The Balaban J connectivity index is 1.39. The number of nitrogens with zero attached hydrogens (tertiary/aromatic N) is 2. The fourth-order valence-electron chi connectivity index (χ4n) is 3.34. The number of halogens is 2. The van der Waals surface area contributed by atoms with Gasteiger partial charge in [-0.1, -0.05) is 23.7 Å². The number of ether oxygens (including phenoxy) is 1. The number of methoxy groups -OCH3 is 1. The quantitative estimate of drug-likeness (QED) is 0.729. The minimum absolute atomic E-state index is 0.0372. The second kappa shape index (κ2) is 10.4. The molecule has 0 aliphatic carbocycles. The van der Waals surface area contributed by atoms with E-state index >= 15 is 0 Å². The van der Waals surface area contributed by atoms with Gasteiger partial charge in [0, 0.05) is 32.7 Å². The second-order valence-corrected chi connectivity index (χ2v) is 7.55. The van der Waals surface area contributed by atoms with Crippen molar-refractivity contribution in [2.24, 2.45) is 0 Å². The van der Waals surface area contributed by atoms with Crippen molar-refractivity contribution < 1.29 is 18.7 Å². The van der Waals surface area contributed by atoms with E-state index < -0.39 is 5.82 Å². The molecule has 1 aliphatic rings. The van der Waals surface area contributed by atoms with Crippen molar-refractivity contribution in [1.82, 2.24) is 15.1 Å². The molecular formula is C22H25ClFN3O3. The van der Waals surface area contributed by atoms with Gasteiger partial charge in [-0.3, -0.25) is 14.5 Å². The molecule has 0 saturated carbocycles. The lowest BCUT2D eigenvalue weighted by Crippen LogP contribution is -2.51. The second-order valence-electron chi connectivity index (χ2n) is 7.14. The van der Waals surface area contributed by atoms with Crippen LogP contribution in [0.2, 0.25) is 5.02 Å². The fraction of sp³-hybridized carbons (Fsp3) is 0.364. The third-order valence-corrected chi connectivity index (χ3v) is 5.40. The standard InChI is InChI=1S/C22H25ClFN3O3/c1-30-18-5-2-16(3-6-18)8-9-25-21(28)15-26-10-12-27(13-11-26)22(29)19-7-4-17(24)14-20(19)23/h2-7,14H,8-13,15H2,1H3,(H,25,28). The van der Waals surface area contributed by atoms with Crippen LogP contribution in [0, 0.1) is 5.82 Å². The van der Waals surface area contributed by atoms with Crippen LogP contribution < -0.4 is 10.1 Å². The molecule has 0 atom stereocenters. The summed E-state index contributed by atoms with van der Waals surface area (Å²) in [7, 11) is 1.63. The van der Waals surface area contributed by atoms with Crippen LogP contribution in [0.1, 0.15) is 15.9 Å². The van der Waals surface area contributed by atoms with Crippen molar-refractivity contribution in [3.05, 3.63) is 64.4 Å². The molecule has 1 N–H and O–H groups in total. The monoisotopic (exact) mass is 433 g/mol. The van der Waals surface area contributed by atoms with Gasteiger partial charge in [0.15, 0.2) is 0 Å². The molecule has 8 heteroatoms. The van der Waals surface area contributed by atoms with Crippen LogP contribution in [0.5, 0.6) is 5.75 Å². The van der Waals surface area contributed by atoms with E-state index in [0.717, 1.165) is 23.8 Å². The lowest BCUT2D eigenvalue weighted by atomic mass is 10.1. The van der Waals surface area contributed by atoms with Crippen molar-refractivity contribution in [3.63, 3.8) is 0 Å². The summed E-state index contributed by atoms with van der Waals surface area (Å²) in [5, 5.41) is 3.04. The van der Waals surface area contributed by atoms with E-state index in [1.54, 1.807) is 12.0 Å². The Kier molecular flexibility index (Phi) is 7.65.